The molecule has 0 saturated carbocycles. The minimum atomic E-state index is -0.232. The molecule has 102 valence electrons. The molecule has 1 aromatic rings. The van der Waals surface area contributed by atoms with Crippen LogP contribution in [0.4, 0.5) is 5.69 Å². The largest absolute Gasteiger partial charge is 0.497 e. The summed E-state index contributed by atoms with van der Waals surface area (Å²) in [6, 6.07) is 5.82. The predicted octanol–water partition coefficient (Wildman–Crippen LogP) is 3.27. The van der Waals surface area contributed by atoms with E-state index in [1.807, 2.05) is 32.0 Å². The average Bonchev–Trinajstić information content (AvgIpc) is 2.36. The summed E-state index contributed by atoms with van der Waals surface area (Å²) in [5, 5.41) is 3.27. The standard InChI is InChI=1S/C13H20BrNO3/c1-4-17-13(18-5-2)9-15-11-6-10(14)7-12(8-11)16-3/h6-8,13,15H,4-5,9H2,1-3H3. The molecule has 18 heavy (non-hydrogen) atoms. The fraction of sp³-hybridized carbons (Fsp3) is 0.538. The van der Waals surface area contributed by atoms with Crippen molar-refractivity contribution < 1.29 is 14.2 Å². The summed E-state index contributed by atoms with van der Waals surface area (Å²) in [6.45, 7) is 5.77. The molecule has 0 spiro atoms. The highest BCUT2D eigenvalue weighted by Crippen LogP contribution is 2.24. The zero-order chi connectivity index (χ0) is 13.4. The topological polar surface area (TPSA) is 39.7 Å². The molecule has 0 radical (unpaired) electrons. The van der Waals surface area contributed by atoms with Crippen LogP contribution in [0, 0.1) is 0 Å². The Balaban J connectivity index is 2.57. The molecule has 5 heteroatoms. The number of methoxy groups -OCH3 is 1. The first-order valence-electron chi connectivity index (χ1n) is 6.01. The lowest BCUT2D eigenvalue weighted by Crippen LogP contribution is -2.26. The summed E-state index contributed by atoms with van der Waals surface area (Å²) in [4.78, 5) is 0. The van der Waals surface area contributed by atoms with Crippen molar-refractivity contribution in [1.29, 1.82) is 0 Å². The molecule has 0 fully saturated rings. The van der Waals surface area contributed by atoms with E-state index >= 15 is 0 Å². The number of halogens is 1. The van der Waals surface area contributed by atoms with Crippen LogP contribution >= 0.6 is 15.9 Å². The molecule has 4 nitrogen and oxygen atoms in total. The van der Waals surface area contributed by atoms with Crippen LogP contribution < -0.4 is 10.1 Å². The number of benzene rings is 1. The van der Waals surface area contributed by atoms with Crippen molar-refractivity contribution in [2.45, 2.75) is 20.1 Å². The van der Waals surface area contributed by atoms with Crippen LogP contribution in [0.2, 0.25) is 0 Å². The Kier molecular flexibility index (Phi) is 7.08. The van der Waals surface area contributed by atoms with Gasteiger partial charge in [-0.05, 0) is 26.0 Å². The smallest absolute Gasteiger partial charge is 0.174 e. The monoisotopic (exact) mass is 317 g/mol. The molecule has 0 aliphatic heterocycles. The summed E-state index contributed by atoms with van der Waals surface area (Å²) >= 11 is 3.44. The fourth-order valence-electron chi connectivity index (χ4n) is 1.52. The van der Waals surface area contributed by atoms with Crippen LogP contribution in [0.25, 0.3) is 0 Å². The van der Waals surface area contributed by atoms with E-state index in [0.717, 1.165) is 15.9 Å². The van der Waals surface area contributed by atoms with Gasteiger partial charge in [-0.1, -0.05) is 15.9 Å². The fourth-order valence-corrected chi connectivity index (χ4v) is 1.99. The molecule has 1 aromatic carbocycles. The molecule has 0 atom stereocenters. The number of rotatable bonds is 8. The van der Waals surface area contributed by atoms with Crippen molar-refractivity contribution in [3.05, 3.63) is 22.7 Å². The average molecular weight is 318 g/mol. The van der Waals surface area contributed by atoms with Crippen molar-refractivity contribution in [1.82, 2.24) is 0 Å². The number of hydrogen-bond donors (Lipinski definition) is 1. The van der Waals surface area contributed by atoms with Crippen LogP contribution in [0.1, 0.15) is 13.8 Å². The maximum absolute atomic E-state index is 5.46. The maximum atomic E-state index is 5.46. The molecule has 1 rings (SSSR count). The van der Waals surface area contributed by atoms with E-state index in [-0.39, 0.29) is 6.29 Å². The first-order valence-corrected chi connectivity index (χ1v) is 6.80. The predicted molar refractivity (Wildman–Crippen MR) is 76.2 cm³/mol. The molecule has 0 unspecified atom stereocenters. The summed E-state index contributed by atoms with van der Waals surface area (Å²) in [7, 11) is 1.65. The molecule has 0 amide bonds. The van der Waals surface area contributed by atoms with Gasteiger partial charge in [-0.25, -0.2) is 0 Å². The molecular formula is C13H20BrNO3. The summed E-state index contributed by atoms with van der Waals surface area (Å²) in [5.74, 6) is 0.802. The Morgan fingerprint density at radius 3 is 2.39 bits per heavy atom. The lowest BCUT2D eigenvalue weighted by molar-refractivity contribution is -0.126. The SMILES string of the molecule is CCOC(CNc1cc(Br)cc(OC)c1)OCC. The Bertz CT molecular complexity index is 354. The van der Waals surface area contributed by atoms with Crippen molar-refractivity contribution in [2.24, 2.45) is 0 Å². The van der Waals surface area contributed by atoms with Crippen LogP contribution in [0.5, 0.6) is 5.75 Å². The first-order chi connectivity index (χ1) is 8.69. The Morgan fingerprint density at radius 2 is 1.83 bits per heavy atom. The third kappa shape index (κ3) is 5.25. The second-order valence-corrected chi connectivity index (χ2v) is 4.52. The number of nitrogens with one attached hydrogen (secondary N) is 1. The van der Waals surface area contributed by atoms with E-state index < -0.39 is 0 Å². The third-order valence-corrected chi connectivity index (χ3v) is 2.74. The number of anilines is 1. The Morgan fingerprint density at radius 1 is 1.17 bits per heavy atom. The van der Waals surface area contributed by atoms with Crippen molar-refractivity contribution in [3.63, 3.8) is 0 Å². The third-order valence-electron chi connectivity index (χ3n) is 2.28. The van der Waals surface area contributed by atoms with Crippen LogP contribution in [-0.2, 0) is 9.47 Å². The number of hydrogen-bond acceptors (Lipinski definition) is 4. The minimum Gasteiger partial charge on any atom is -0.497 e. The van der Waals surface area contributed by atoms with Gasteiger partial charge >= 0.3 is 0 Å². The molecule has 0 aliphatic rings. The lowest BCUT2D eigenvalue weighted by Gasteiger charge is -2.18. The highest BCUT2D eigenvalue weighted by molar-refractivity contribution is 9.10. The normalized spacial score (nSPS) is 10.7. The molecule has 0 heterocycles. The van der Waals surface area contributed by atoms with E-state index in [9.17, 15) is 0 Å². The van der Waals surface area contributed by atoms with Crippen molar-refractivity contribution in [3.8, 4) is 5.75 Å². The van der Waals surface area contributed by atoms with E-state index in [1.54, 1.807) is 7.11 Å². The zero-order valence-corrected chi connectivity index (χ0v) is 12.6. The maximum Gasteiger partial charge on any atom is 0.174 e. The molecule has 1 N–H and O–H groups in total. The van der Waals surface area contributed by atoms with Crippen LogP contribution in [0.3, 0.4) is 0 Å². The van der Waals surface area contributed by atoms with Crippen LogP contribution in [0.15, 0.2) is 22.7 Å². The second kappa shape index (κ2) is 8.34. The Hall–Kier alpha value is -0.780. The number of ether oxygens (including phenoxy) is 3. The van der Waals surface area contributed by atoms with Gasteiger partial charge in [0.05, 0.1) is 13.7 Å². The molecule has 0 aliphatic carbocycles. The zero-order valence-electron chi connectivity index (χ0n) is 11.0. The first kappa shape index (κ1) is 15.3. The van der Waals surface area contributed by atoms with Gasteiger partial charge in [-0.15, -0.1) is 0 Å². The van der Waals surface area contributed by atoms with E-state index in [0.29, 0.717) is 19.8 Å². The summed E-state index contributed by atoms with van der Waals surface area (Å²) in [5.41, 5.74) is 0.964. The molecular weight excluding hydrogens is 298 g/mol. The highest BCUT2D eigenvalue weighted by Gasteiger charge is 2.08. The van der Waals surface area contributed by atoms with Crippen molar-refractivity contribution >= 4 is 21.6 Å². The lowest BCUT2D eigenvalue weighted by atomic mass is 10.3. The van der Waals surface area contributed by atoms with E-state index in [4.69, 9.17) is 14.2 Å². The minimum absolute atomic E-state index is 0.232. The molecule has 0 saturated heterocycles. The van der Waals surface area contributed by atoms with Gasteiger partial charge in [-0.2, -0.15) is 0 Å². The van der Waals surface area contributed by atoms with E-state index in [1.165, 1.54) is 0 Å². The molecule has 0 bridgehead atoms. The van der Waals surface area contributed by atoms with Crippen molar-refractivity contribution in [2.75, 3.05) is 32.2 Å². The van der Waals surface area contributed by atoms with Gasteiger partial charge in [0.2, 0.25) is 0 Å². The van der Waals surface area contributed by atoms with Gasteiger partial charge in [0.1, 0.15) is 5.75 Å². The van der Waals surface area contributed by atoms with Gasteiger partial charge in [0.25, 0.3) is 0 Å². The van der Waals surface area contributed by atoms with Gasteiger partial charge in [-0.3, -0.25) is 0 Å². The molecule has 0 aromatic heterocycles. The Labute approximate surface area is 117 Å². The van der Waals surface area contributed by atoms with Gasteiger partial charge in [0, 0.05) is 29.4 Å². The van der Waals surface area contributed by atoms with Crippen LogP contribution in [-0.4, -0.2) is 33.2 Å². The second-order valence-electron chi connectivity index (χ2n) is 3.60. The highest BCUT2D eigenvalue weighted by atomic mass is 79.9. The summed E-state index contributed by atoms with van der Waals surface area (Å²) in [6.07, 6.45) is -0.232. The quantitative estimate of drug-likeness (QED) is 0.747. The van der Waals surface area contributed by atoms with Gasteiger partial charge in [0.15, 0.2) is 6.29 Å². The van der Waals surface area contributed by atoms with Gasteiger partial charge < -0.3 is 19.5 Å². The summed E-state index contributed by atoms with van der Waals surface area (Å²) < 4.78 is 17.1. The van der Waals surface area contributed by atoms with E-state index in [2.05, 4.69) is 21.2 Å².